The van der Waals surface area contributed by atoms with Crippen LogP contribution in [0.15, 0.2) is 59.8 Å². The van der Waals surface area contributed by atoms with Crippen LogP contribution in [0, 0.1) is 113 Å². The van der Waals surface area contributed by atoms with Crippen LogP contribution < -0.4 is 0 Å². The number of rotatable bonds is 1. The van der Waals surface area contributed by atoms with Crippen LogP contribution in [0.25, 0.3) is 0 Å². The fourth-order valence-electron chi connectivity index (χ4n) is 17.9. The Labute approximate surface area is 407 Å². The Hall–Kier alpha value is -1.30. The van der Waals surface area contributed by atoms with Gasteiger partial charge in [-0.15, -0.1) is 0 Å². The Morgan fingerprint density at radius 3 is 1.22 bits per heavy atom. The van der Waals surface area contributed by atoms with Crippen LogP contribution in [-0.4, -0.2) is 0 Å². The fraction of sp³-hybridized carbons (Fsp3) is 0.846. The van der Waals surface area contributed by atoms with E-state index in [-0.39, 0.29) is 5.41 Å². The fourth-order valence-corrected chi connectivity index (χ4v) is 17.9. The zero-order chi connectivity index (χ0) is 49.3. The van der Waals surface area contributed by atoms with Crippen molar-refractivity contribution in [2.24, 2.45) is 113 Å². The van der Waals surface area contributed by atoms with E-state index >= 15 is 0 Å². The van der Waals surface area contributed by atoms with Gasteiger partial charge in [-0.2, -0.15) is 0 Å². The third kappa shape index (κ3) is 8.31. The molecule has 0 aromatic carbocycles. The van der Waals surface area contributed by atoms with Gasteiger partial charge in [-0.1, -0.05) is 198 Å². The second kappa shape index (κ2) is 16.9. The van der Waals surface area contributed by atoms with E-state index in [0.29, 0.717) is 43.3 Å². The van der Waals surface area contributed by atoms with E-state index in [9.17, 15) is 0 Å². The predicted molar refractivity (Wildman–Crippen MR) is 288 cm³/mol. The SMILES string of the molecule is C=C([C@@H]1CC=C(C)CC1)C(C)(C)C.C=C1C2CCC(C2)C1(C)C(C)(C)C.C=C1C2CCC(C2)C1(C)C(C)(C)C.CC(C)(C)C1(C)C2CC3C(C2)C31C.CC1=CCC2CC1C2(C)C(C)(C)C. The molecule has 0 aromatic heterocycles. The van der Waals surface area contributed by atoms with Gasteiger partial charge in [-0.05, 0) is 211 Å². The van der Waals surface area contributed by atoms with E-state index in [1.54, 1.807) is 35.1 Å². The number of hydrogen-bond donors (Lipinski definition) is 0. The third-order valence-electron chi connectivity index (χ3n) is 24.5. The molecule has 0 nitrogen and oxygen atoms in total. The van der Waals surface area contributed by atoms with E-state index < -0.39 is 0 Å². The zero-order valence-electron chi connectivity index (χ0n) is 47.7. The molecule has 0 heterocycles. The molecule has 12 unspecified atom stereocenters. The van der Waals surface area contributed by atoms with Gasteiger partial charge < -0.3 is 0 Å². The minimum atomic E-state index is 0.281. The van der Waals surface area contributed by atoms with Crippen molar-refractivity contribution in [3.63, 3.8) is 0 Å². The van der Waals surface area contributed by atoms with Crippen LogP contribution in [0.1, 0.15) is 236 Å². The van der Waals surface area contributed by atoms with Crippen molar-refractivity contribution in [3.05, 3.63) is 59.8 Å². The van der Waals surface area contributed by atoms with Gasteiger partial charge in [0.15, 0.2) is 0 Å². The first-order valence-electron chi connectivity index (χ1n) is 27.8. The quantitative estimate of drug-likeness (QED) is 0.230. The molecule has 12 rings (SSSR count). The van der Waals surface area contributed by atoms with E-state index in [0.717, 1.165) is 64.6 Å². The minimum Gasteiger partial charge on any atom is -0.0990 e. The Morgan fingerprint density at radius 2 is 0.985 bits per heavy atom. The normalized spacial score (nSPS) is 44.0. The Morgan fingerprint density at radius 1 is 0.523 bits per heavy atom. The molecular formula is C65H110. The molecule has 0 N–H and O–H groups in total. The monoisotopic (exact) mass is 891 g/mol. The number of fused-ring (bicyclic) bond motifs is 5. The Balaban J connectivity index is 0.000000135. The molecule has 12 aliphatic rings. The molecule has 9 saturated carbocycles. The molecule has 13 atom stereocenters. The first kappa shape index (κ1) is 53.1. The van der Waals surface area contributed by atoms with Gasteiger partial charge in [-0.3, -0.25) is 0 Å². The van der Waals surface area contributed by atoms with Crippen molar-refractivity contribution in [2.75, 3.05) is 0 Å². The summed E-state index contributed by atoms with van der Waals surface area (Å²) < 4.78 is 0. The highest BCUT2D eigenvalue weighted by Gasteiger charge is 2.83. The molecule has 9 fully saturated rings. The minimum absolute atomic E-state index is 0.281. The van der Waals surface area contributed by atoms with Crippen molar-refractivity contribution in [3.8, 4) is 0 Å². The Kier molecular flexibility index (Phi) is 13.8. The molecule has 370 valence electrons. The van der Waals surface area contributed by atoms with Gasteiger partial charge in [0.25, 0.3) is 0 Å². The summed E-state index contributed by atoms with van der Waals surface area (Å²) in [6.45, 7) is 65.7. The molecule has 0 radical (unpaired) electrons. The van der Waals surface area contributed by atoms with E-state index in [1.807, 2.05) is 0 Å². The van der Waals surface area contributed by atoms with Gasteiger partial charge in [-0.25, -0.2) is 0 Å². The lowest BCUT2D eigenvalue weighted by Crippen LogP contribution is -2.56. The molecule has 65 heavy (non-hydrogen) atoms. The molecule has 0 saturated heterocycles. The molecule has 10 bridgehead atoms. The second-order valence-corrected chi connectivity index (χ2v) is 31.0. The number of hydrogen-bond acceptors (Lipinski definition) is 0. The summed E-state index contributed by atoms with van der Waals surface area (Å²) in [6.07, 6.45) is 23.1. The number of allylic oxidation sites excluding steroid dienone is 7. The van der Waals surface area contributed by atoms with Crippen molar-refractivity contribution in [1.29, 1.82) is 0 Å². The standard InChI is InChI=1S/5C13H22/c1-11(2,3)13(5)8-6-9-10(7-8)12(9,13)4;2*1-9-10-6-7-11(8-10)13(9,5)12(2,3)4;1-9-6-7-10-8-11(9)13(10,5)12(2,3)4;1-10-6-8-12(9-7-10)11(2)13(3,4)5/h8-10H,6-7H2,1-5H3;2*10-11H,1,6-8H2,2-5H3;6,10-11H,7-8H2,1-5H3;6,12H,2,7-9H2,1,3-5H3/t;;;;12-/m....1/s1. The zero-order valence-corrected chi connectivity index (χ0v) is 47.7. The third-order valence-corrected chi connectivity index (χ3v) is 24.5. The van der Waals surface area contributed by atoms with Gasteiger partial charge >= 0.3 is 0 Å². The smallest absolute Gasteiger partial charge is 0.00394 e. The maximum atomic E-state index is 4.36. The highest BCUT2D eigenvalue weighted by Crippen LogP contribution is 2.89. The predicted octanol–water partition coefficient (Wildman–Crippen LogP) is 20.1. The van der Waals surface area contributed by atoms with Crippen LogP contribution in [0.3, 0.4) is 0 Å². The van der Waals surface area contributed by atoms with Gasteiger partial charge in [0.1, 0.15) is 0 Å². The van der Waals surface area contributed by atoms with Crippen molar-refractivity contribution in [2.45, 2.75) is 236 Å². The van der Waals surface area contributed by atoms with E-state index in [1.165, 1.54) is 76.2 Å². The average molecular weight is 892 g/mol. The van der Waals surface area contributed by atoms with Gasteiger partial charge in [0, 0.05) is 0 Å². The summed E-state index contributed by atoms with van der Waals surface area (Å²) >= 11 is 0. The lowest BCUT2D eigenvalue weighted by Gasteiger charge is -2.64. The van der Waals surface area contributed by atoms with E-state index in [2.05, 4.69) is 184 Å². The van der Waals surface area contributed by atoms with Crippen LogP contribution in [0.2, 0.25) is 0 Å². The maximum absolute atomic E-state index is 4.36. The van der Waals surface area contributed by atoms with Crippen LogP contribution in [0.5, 0.6) is 0 Å². The molecular weight excluding hydrogens is 781 g/mol. The highest BCUT2D eigenvalue weighted by atomic mass is 14.9. The Bertz CT molecular complexity index is 1810. The summed E-state index contributed by atoms with van der Waals surface area (Å²) in [5, 5.41) is 0. The molecule has 0 spiro atoms. The van der Waals surface area contributed by atoms with E-state index in [4.69, 9.17) is 0 Å². The summed E-state index contributed by atoms with van der Waals surface area (Å²) in [6, 6.07) is 0. The molecule has 0 aromatic rings. The van der Waals surface area contributed by atoms with Crippen molar-refractivity contribution in [1.82, 2.24) is 0 Å². The lowest BCUT2D eigenvalue weighted by atomic mass is 9.41. The topological polar surface area (TPSA) is 0 Å². The van der Waals surface area contributed by atoms with Crippen LogP contribution in [-0.2, 0) is 0 Å². The molecule has 12 aliphatic carbocycles. The summed E-state index contributed by atoms with van der Waals surface area (Å²) in [5.74, 6) is 9.39. The first-order valence-corrected chi connectivity index (χ1v) is 27.8. The summed E-state index contributed by atoms with van der Waals surface area (Å²) in [4.78, 5) is 0. The van der Waals surface area contributed by atoms with Gasteiger partial charge in [0.05, 0.1) is 0 Å². The maximum Gasteiger partial charge on any atom is -0.00394 e. The molecule has 0 aliphatic heterocycles. The largest absolute Gasteiger partial charge is 0.0990 e. The second-order valence-electron chi connectivity index (χ2n) is 31.0. The van der Waals surface area contributed by atoms with Crippen molar-refractivity contribution < 1.29 is 0 Å². The highest BCUT2D eigenvalue weighted by molar-refractivity contribution is 5.32. The first-order chi connectivity index (χ1) is 29.4. The summed E-state index contributed by atoms with van der Waals surface area (Å²) in [5.41, 5.74) is 12.5. The van der Waals surface area contributed by atoms with Crippen LogP contribution >= 0.6 is 0 Å². The average Bonchev–Trinajstić information content (AvgIpc) is 3.96. The molecule has 0 heteroatoms. The van der Waals surface area contributed by atoms with Crippen LogP contribution in [0.4, 0.5) is 0 Å². The summed E-state index contributed by atoms with van der Waals surface area (Å²) in [7, 11) is 0. The van der Waals surface area contributed by atoms with Crippen molar-refractivity contribution >= 4 is 0 Å². The lowest BCUT2D eigenvalue weighted by molar-refractivity contribution is -0.112. The van der Waals surface area contributed by atoms with Gasteiger partial charge in [0.2, 0.25) is 0 Å². The molecule has 0 amide bonds.